The molecular weight excluding hydrogens is 314 g/mol. The fourth-order valence-corrected chi connectivity index (χ4v) is 3.02. The summed E-state index contributed by atoms with van der Waals surface area (Å²) in [7, 11) is -1.94. The van der Waals surface area contributed by atoms with Crippen molar-refractivity contribution in [3.05, 3.63) is 59.1 Å². The summed E-state index contributed by atoms with van der Waals surface area (Å²) >= 11 is 3.32. The number of halogens is 1. The first-order valence-corrected chi connectivity index (χ1v) is 7.54. The Morgan fingerprint density at radius 1 is 0.944 bits per heavy atom. The molecule has 2 aromatic rings. The molecule has 2 aromatic carbocycles. The van der Waals surface area contributed by atoms with Crippen molar-refractivity contribution < 1.29 is 8.42 Å². The second-order valence-corrected chi connectivity index (χ2v) is 6.65. The molecule has 0 saturated carbocycles. The van der Waals surface area contributed by atoms with E-state index in [-0.39, 0.29) is 4.90 Å². The molecule has 0 saturated heterocycles. The lowest BCUT2D eigenvalue weighted by atomic mass is 10.3. The number of anilines is 1. The fraction of sp³-hybridized carbons (Fsp3) is 0.0769. The van der Waals surface area contributed by atoms with Crippen LogP contribution >= 0.6 is 15.9 Å². The average molecular weight is 326 g/mol. The molecule has 5 heteroatoms. The van der Waals surface area contributed by atoms with E-state index in [1.54, 1.807) is 49.5 Å². The topological polar surface area (TPSA) is 37.4 Å². The SMILES string of the molecule is CN(c1ccc(Br)cc1)S(=O)(=O)c1ccccc1. The Balaban J connectivity index is 2.39. The Morgan fingerprint density at radius 3 is 2.06 bits per heavy atom. The minimum Gasteiger partial charge on any atom is -0.269 e. The van der Waals surface area contributed by atoms with Gasteiger partial charge in [-0.25, -0.2) is 8.42 Å². The summed E-state index contributed by atoms with van der Waals surface area (Å²) in [6.07, 6.45) is 0. The largest absolute Gasteiger partial charge is 0.269 e. The van der Waals surface area contributed by atoms with Crippen molar-refractivity contribution in [1.82, 2.24) is 0 Å². The highest BCUT2D eigenvalue weighted by Gasteiger charge is 2.20. The molecule has 0 atom stereocenters. The van der Waals surface area contributed by atoms with Gasteiger partial charge < -0.3 is 0 Å². The van der Waals surface area contributed by atoms with E-state index >= 15 is 0 Å². The summed E-state index contributed by atoms with van der Waals surface area (Å²) in [5.74, 6) is 0. The number of hydrogen-bond acceptors (Lipinski definition) is 2. The van der Waals surface area contributed by atoms with Gasteiger partial charge in [-0.2, -0.15) is 0 Å². The lowest BCUT2D eigenvalue weighted by Gasteiger charge is -2.19. The Hall–Kier alpha value is -1.33. The lowest BCUT2D eigenvalue weighted by Crippen LogP contribution is -2.26. The van der Waals surface area contributed by atoms with Crippen LogP contribution in [0.15, 0.2) is 64.0 Å². The summed E-state index contributed by atoms with van der Waals surface area (Å²) in [4.78, 5) is 0.287. The first-order valence-electron chi connectivity index (χ1n) is 5.31. The van der Waals surface area contributed by atoms with Crippen LogP contribution in [0.2, 0.25) is 0 Å². The van der Waals surface area contributed by atoms with Crippen LogP contribution in [0, 0.1) is 0 Å². The summed E-state index contributed by atoms with van der Waals surface area (Å²) in [5.41, 5.74) is 0.627. The molecule has 0 amide bonds. The van der Waals surface area contributed by atoms with Crippen LogP contribution in [0.1, 0.15) is 0 Å². The van der Waals surface area contributed by atoms with E-state index in [1.165, 1.54) is 4.31 Å². The maximum Gasteiger partial charge on any atom is 0.264 e. The minimum absolute atomic E-state index is 0.287. The van der Waals surface area contributed by atoms with Crippen LogP contribution in [0.3, 0.4) is 0 Å². The van der Waals surface area contributed by atoms with Gasteiger partial charge in [0, 0.05) is 11.5 Å². The third kappa shape index (κ3) is 2.57. The molecule has 2 rings (SSSR count). The lowest BCUT2D eigenvalue weighted by molar-refractivity contribution is 0.594. The number of hydrogen-bond donors (Lipinski definition) is 0. The first-order chi connectivity index (χ1) is 8.51. The highest BCUT2D eigenvalue weighted by molar-refractivity contribution is 9.10. The van der Waals surface area contributed by atoms with Crippen LogP contribution in [0.5, 0.6) is 0 Å². The highest BCUT2D eigenvalue weighted by atomic mass is 79.9. The van der Waals surface area contributed by atoms with Crippen molar-refractivity contribution in [2.45, 2.75) is 4.90 Å². The summed E-state index contributed by atoms with van der Waals surface area (Å²) in [6, 6.07) is 15.5. The molecule has 3 nitrogen and oxygen atoms in total. The smallest absolute Gasteiger partial charge is 0.264 e. The second-order valence-electron chi connectivity index (χ2n) is 3.76. The zero-order valence-corrected chi connectivity index (χ0v) is 12.1. The third-order valence-electron chi connectivity index (χ3n) is 2.59. The monoisotopic (exact) mass is 325 g/mol. The van der Waals surface area contributed by atoms with Crippen molar-refractivity contribution in [3.8, 4) is 0 Å². The summed E-state index contributed by atoms with van der Waals surface area (Å²) in [6.45, 7) is 0. The van der Waals surface area contributed by atoms with Crippen molar-refractivity contribution in [1.29, 1.82) is 0 Å². The van der Waals surface area contributed by atoms with Crippen molar-refractivity contribution in [2.24, 2.45) is 0 Å². The average Bonchev–Trinajstić information content (AvgIpc) is 2.40. The molecule has 0 N–H and O–H groups in total. The van der Waals surface area contributed by atoms with E-state index in [4.69, 9.17) is 0 Å². The molecule has 0 bridgehead atoms. The number of sulfonamides is 1. The molecular formula is C13H12BrNO2S. The molecule has 0 aromatic heterocycles. The van der Waals surface area contributed by atoms with E-state index in [1.807, 2.05) is 12.1 Å². The van der Waals surface area contributed by atoms with E-state index in [0.29, 0.717) is 5.69 Å². The van der Waals surface area contributed by atoms with Gasteiger partial charge >= 0.3 is 0 Å². The van der Waals surface area contributed by atoms with Crippen LogP contribution in [-0.4, -0.2) is 15.5 Å². The van der Waals surface area contributed by atoms with Crippen LogP contribution in [0.25, 0.3) is 0 Å². The number of rotatable bonds is 3. The fourth-order valence-electron chi connectivity index (χ4n) is 1.54. The summed E-state index contributed by atoms with van der Waals surface area (Å²) < 4.78 is 26.8. The van der Waals surface area contributed by atoms with Gasteiger partial charge in [0.25, 0.3) is 10.0 Å². The predicted octanol–water partition coefficient (Wildman–Crippen LogP) is 3.27. The summed E-state index contributed by atoms with van der Waals surface area (Å²) in [5, 5.41) is 0. The molecule has 0 aliphatic heterocycles. The Bertz CT molecular complexity index is 624. The molecule has 18 heavy (non-hydrogen) atoms. The Labute approximate surface area is 115 Å². The molecule has 0 aliphatic carbocycles. The molecule has 94 valence electrons. The molecule has 0 aliphatic rings. The van der Waals surface area contributed by atoms with Gasteiger partial charge in [0.1, 0.15) is 0 Å². The van der Waals surface area contributed by atoms with Gasteiger partial charge in [0.05, 0.1) is 10.6 Å². The molecule has 0 fully saturated rings. The van der Waals surface area contributed by atoms with Gasteiger partial charge in [0.2, 0.25) is 0 Å². The van der Waals surface area contributed by atoms with Gasteiger partial charge in [-0.1, -0.05) is 34.1 Å². The normalized spacial score (nSPS) is 11.2. The van der Waals surface area contributed by atoms with Crippen LogP contribution in [0.4, 0.5) is 5.69 Å². The number of benzene rings is 2. The second kappa shape index (κ2) is 5.12. The number of nitrogens with zero attached hydrogens (tertiary/aromatic N) is 1. The van der Waals surface area contributed by atoms with Crippen molar-refractivity contribution in [2.75, 3.05) is 11.4 Å². The minimum atomic E-state index is -3.49. The molecule has 0 heterocycles. The van der Waals surface area contributed by atoms with E-state index in [0.717, 1.165) is 4.47 Å². The zero-order valence-electron chi connectivity index (χ0n) is 9.75. The van der Waals surface area contributed by atoms with Crippen molar-refractivity contribution >= 4 is 31.6 Å². The molecule has 0 unspecified atom stereocenters. The van der Waals surface area contributed by atoms with Crippen LogP contribution < -0.4 is 4.31 Å². The Morgan fingerprint density at radius 2 is 1.50 bits per heavy atom. The molecule has 0 radical (unpaired) electrons. The third-order valence-corrected chi connectivity index (χ3v) is 4.92. The maximum atomic E-state index is 12.3. The standard InChI is InChI=1S/C13H12BrNO2S/c1-15(12-9-7-11(14)8-10-12)18(16,17)13-5-3-2-4-6-13/h2-10H,1H3. The van der Waals surface area contributed by atoms with E-state index in [9.17, 15) is 8.42 Å². The molecule has 0 spiro atoms. The predicted molar refractivity (Wildman–Crippen MR) is 76.2 cm³/mol. The van der Waals surface area contributed by atoms with E-state index < -0.39 is 10.0 Å². The van der Waals surface area contributed by atoms with Gasteiger partial charge in [0.15, 0.2) is 0 Å². The van der Waals surface area contributed by atoms with Crippen LogP contribution in [-0.2, 0) is 10.0 Å². The maximum absolute atomic E-state index is 12.3. The Kier molecular flexibility index (Phi) is 3.73. The first kappa shape index (κ1) is 13.1. The quantitative estimate of drug-likeness (QED) is 0.868. The van der Waals surface area contributed by atoms with Gasteiger partial charge in [-0.05, 0) is 36.4 Å². The van der Waals surface area contributed by atoms with Gasteiger partial charge in [-0.3, -0.25) is 4.31 Å². The van der Waals surface area contributed by atoms with E-state index in [2.05, 4.69) is 15.9 Å². The van der Waals surface area contributed by atoms with Gasteiger partial charge in [-0.15, -0.1) is 0 Å². The highest BCUT2D eigenvalue weighted by Crippen LogP contribution is 2.23. The zero-order chi connectivity index (χ0) is 13.2. The van der Waals surface area contributed by atoms with Crippen molar-refractivity contribution in [3.63, 3.8) is 0 Å².